The third kappa shape index (κ3) is 5.14. The van der Waals surface area contributed by atoms with Crippen LogP contribution >= 0.6 is 11.8 Å². The molecule has 0 saturated carbocycles. The Hall–Kier alpha value is -2.27. The molecule has 2 aromatic rings. The molecule has 23 heavy (non-hydrogen) atoms. The van der Waals surface area contributed by atoms with Gasteiger partial charge in [-0.15, -0.1) is 0 Å². The molecule has 0 aliphatic rings. The Kier molecular flexibility index (Phi) is 6.23. The summed E-state index contributed by atoms with van der Waals surface area (Å²) in [7, 11) is 0. The molecular formula is C18H19NO3S. The zero-order chi connectivity index (χ0) is 16.7. The van der Waals surface area contributed by atoms with Gasteiger partial charge in [0.25, 0.3) is 5.91 Å². The van der Waals surface area contributed by atoms with Crippen molar-refractivity contribution >= 4 is 23.6 Å². The highest BCUT2D eigenvalue weighted by atomic mass is 32.2. The van der Waals surface area contributed by atoms with Crippen LogP contribution in [0.4, 0.5) is 0 Å². The number of amides is 1. The molecule has 0 bridgehead atoms. The summed E-state index contributed by atoms with van der Waals surface area (Å²) in [6.45, 7) is 0. The van der Waals surface area contributed by atoms with Crippen LogP contribution in [0.2, 0.25) is 0 Å². The first kappa shape index (κ1) is 17.1. The molecule has 0 aliphatic carbocycles. The van der Waals surface area contributed by atoms with Crippen molar-refractivity contribution in [3.63, 3.8) is 0 Å². The fourth-order valence-electron chi connectivity index (χ4n) is 2.21. The van der Waals surface area contributed by atoms with Crippen molar-refractivity contribution in [1.29, 1.82) is 0 Å². The molecule has 0 heterocycles. The average Bonchev–Trinajstić information content (AvgIpc) is 2.56. The Morgan fingerprint density at radius 3 is 2.26 bits per heavy atom. The van der Waals surface area contributed by atoms with E-state index in [1.54, 1.807) is 23.9 Å². The number of nitrogens with one attached hydrogen (secondary N) is 1. The van der Waals surface area contributed by atoms with Crippen molar-refractivity contribution < 1.29 is 14.7 Å². The van der Waals surface area contributed by atoms with E-state index >= 15 is 0 Å². The first-order valence-electron chi connectivity index (χ1n) is 7.25. The molecule has 120 valence electrons. The molecule has 2 N–H and O–H groups in total. The van der Waals surface area contributed by atoms with Crippen LogP contribution in [0, 0.1) is 0 Å². The molecular weight excluding hydrogens is 310 g/mol. The van der Waals surface area contributed by atoms with Gasteiger partial charge < -0.3 is 10.4 Å². The summed E-state index contributed by atoms with van der Waals surface area (Å²) in [4.78, 5) is 23.6. The predicted octanol–water partition coefficient (Wildman–Crippen LogP) is 2.98. The van der Waals surface area contributed by atoms with Gasteiger partial charge in [-0.3, -0.25) is 4.79 Å². The number of thioether (sulfide) groups is 1. The number of carboxylic acids is 1. The van der Waals surface area contributed by atoms with E-state index in [0.717, 1.165) is 16.9 Å². The lowest BCUT2D eigenvalue weighted by Gasteiger charge is -2.15. The van der Waals surface area contributed by atoms with E-state index in [1.165, 1.54) is 0 Å². The Bertz CT molecular complexity index is 656. The third-order valence-electron chi connectivity index (χ3n) is 3.41. The van der Waals surface area contributed by atoms with Gasteiger partial charge in [0.05, 0.1) is 0 Å². The van der Waals surface area contributed by atoms with Crippen LogP contribution in [0.1, 0.15) is 21.5 Å². The fraction of sp³-hybridized carbons (Fsp3) is 0.222. The van der Waals surface area contributed by atoms with Gasteiger partial charge in [-0.2, -0.15) is 11.8 Å². The lowest BCUT2D eigenvalue weighted by molar-refractivity contribution is -0.139. The zero-order valence-corrected chi connectivity index (χ0v) is 13.7. The predicted molar refractivity (Wildman–Crippen MR) is 92.7 cm³/mol. The third-order valence-corrected chi connectivity index (χ3v) is 4.04. The number of carbonyl (C=O) groups excluding carboxylic acids is 1. The summed E-state index contributed by atoms with van der Waals surface area (Å²) in [6, 6.07) is 15.5. The molecule has 0 spiro atoms. The highest BCUT2D eigenvalue weighted by Crippen LogP contribution is 2.11. The van der Waals surface area contributed by atoms with Gasteiger partial charge in [-0.05, 0) is 29.5 Å². The van der Waals surface area contributed by atoms with E-state index in [9.17, 15) is 14.7 Å². The van der Waals surface area contributed by atoms with Crippen molar-refractivity contribution in [3.05, 3.63) is 71.3 Å². The lowest BCUT2D eigenvalue weighted by atomic mass is 10.1. The van der Waals surface area contributed by atoms with E-state index in [-0.39, 0.29) is 12.3 Å². The average molecular weight is 329 g/mol. The van der Waals surface area contributed by atoms with Gasteiger partial charge in [0.15, 0.2) is 0 Å². The largest absolute Gasteiger partial charge is 0.480 e. The van der Waals surface area contributed by atoms with Crippen LogP contribution < -0.4 is 5.32 Å². The number of hydrogen-bond acceptors (Lipinski definition) is 3. The second-order valence-corrected chi connectivity index (χ2v) is 6.05. The van der Waals surface area contributed by atoms with Crippen LogP contribution in [-0.4, -0.2) is 29.3 Å². The molecule has 1 amide bonds. The van der Waals surface area contributed by atoms with Gasteiger partial charge in [0.2, 0.25) is 0 Å². The van der Waals surface area contributed by atoms with Gasteiger partial charge >= 0.3 is 5.97 Å². The first-order valence-corrected chi connectivity index (χ1v) is 8.65. The number of aliphatic carboxylic acids is 1. The van der Waals surface area contributed by atoms with Crippen LogP contribution in [0.5, 0.6) is 0 Å². The SMILES string of the molecule is CSCc1ccc(C(=O)NC(Cc2ccccc2)C(=O)O)cc1. The van der Waals surface area contributed by atoms with Gasteiger partial charge in [-0.25, -0.2) is 4.79 Å². The molecule has 0 aromatic heterocycles. The van der Waals surface area contributed by atoms with Crippen molar-refractivity contribution in [1.82, 2.24) is 5.32 Å². The van der Waals surface area contributed by atoms with E-state index < -0.39 is 12.0 Å². The number of rotatable bonds is 7. The van der Waals surface area contributed by atoms with Gasteiger partial charge in [0, 0.05) is 17.7 Å². The van der Waals surface area contributed by atoms with E-state index in [1.807, 2.05) is 48.7 Å². The molecule has 5 heteroatoms. The highest BCUT2D eigenvalue weighted by molar-refractivity contribution is 7.97. The molecule has 2 aromatic carbocycles. The van der Waals surface area contributed by atoms with E-state index in [2.05, 4.69) is 5.32 Å². The number of carboxylic acid groups (broad SMARTS) is 1. The summed E-state index contributed by atoms with van der Waals surface area (Å²) < 4.78 is 0. The summed E-state index contributed by atoms with van der Waals surface area (Å²) in [5, 5.41) is 11.9. The normalized spacial score (nSPS) is 11.7. The lowest BCUT2D eigenvalue weighted by Crippen LogP contribution is -2.42. The van der Waals surface area contributed by atoms with Crippen molar-refractivity contribution in [2.24, 2.45) is 0 Å². The minimum absolute atomic E-state index is 0.256. The van der Waals surface area contributed by atoms with Gasteiger partial charge in [0.1, 0.15) is 6.04 Å². The van der Waals surface area contributed by atoms with Gasteiger partial charge in [-0.1, -0.05) is 42.5 Å². The fourth-order valence-corrected chi connectivity index (χ4v) is 2.74. The second-order valence-electron chi connectivity index (χ2n) is 5.18. The zero-order valence-electron chi connectivity index (χ0n) is 12.9. The molecule has 0 aliphatic heterocycles. The minimum atomic E-state index is -1.04. The van der Waals surface area contributed by atoms with Crippen molar-refractivity contribution in [2.75, 3.05) is 6.26 Å². The van der Waals surface area contributed by atoms with Crippen LogP contribution in [0.15, 0.2) is 54.6 Å². The summed E-state index contributed by atoms with van der Waals surface area (Å²) in [5.74, 6) is -0.529. The molecule has 0 saturated heterocycles. The molecule has 2 rings (SSSR count). The van der Waals surface area contributed by atoms with Crippen molar-refractivity contribution in [3.8, 4) is 0 Å². The Balaban J connectivity index is 2.04. The topological polar surface area (TPSA) is 66.4 Å². The van der Waals surface area contributed by atoms with E-state index in [4.69, 9.17) is 0 Å². The molecule has 0 fully saturated rings. The maximum Gasteiger partial charge on any atom is 0.326 e. The Morgan fingerprint density at radius 1 is 1.04 bits per heavy atom. The number of benzene rings is 2. The molecule has 1 atom stereocenters. The van der Waals surface area contributed by atoms with E-state index in [0.29, 0.717) is 5.56 Å². The molecule has 1 unspecified atom stereocenters. The van der Waals surface area contributed by atoms with Crippen molar-refractivity contribution in [2.45, 2.75) is 18.2 Å². The summed E-state index contributed by atoms with van der Waals surface area (Å²) >= 11 is 1.71. The number of hydrogen-bond donors (Lipinski definition) is 2. The number of carbonyl (C=O) groups is 2. The summed E-state index contributed by atoms with van der Waals surface area (Å²) in [6.07, 6.45) is 2.27. The monoisotopic (exact) mass is 329 g/mol. The maximum atomic E-state index is 12.2. The first-order chi connectivity index (χ1) is 11.1. The Labute approximate surface area is 139 Å². The highest BCUT2D eigenvalue weighted by Gasteiger charge is 2.21. The summed E-state index contributed by atoms with van der Waals surface area (Å²) in [5.41, 5.74) is 2.47. The van der Waals surface area contributed by atoms with Crippen LogP contribution in [-0.2, 0) is 17.0 Å². The second kappa shape index (κ2) is 8.39. The minimum Gasteiger partial charge on any atom is -0.480 e. The standard InChI is InChI=1S/C18H19NO3S/c1-23-12-14-7-9-15(10-8-14)17(20)19-16(18(21)22)11-13-5-3-2-4-6-13/h2-10,16H,11-12H2,1H3,(H,19,20)(H,21,22). The quantitative estimate of drug-likeness (QED) is 0.819. The van der Waals surface area contributed by atoms with Crippen LogP contribution in [0.3, 0.4) is 0 Å². The maximum absolute atomic E-state index is 12.2. The smallest absolute Gasteiger partial charge is 0.326 e. The Morgan fingerprint density at radius 2 is 1.70 bits per heavy atom. The molecule has 0 radical (unpaired) electrons. The van der Waals surface area contributed by atoms with Crippen LogP contribution in [0.25, 0.3) is 0 Å². The molecule has 4 nitrogen and oxygen atoms in total.